The maximum Gasteiger partial charge on any atom is 0.407 e. The molecule has 438 valence electrons. The molecule has 4 aromatic carbocycles. The largest absolute Gasteiger partial charge is 0.480 e. The van der Waals surface area contributed by atoms with Crippen molar-refractivity contribution in [2.75, 3.05) is 90.6 Å². The average molecular weight is 1140 g/mol. The van der Waals surface area contributed by atoms with E-state index in [1.165, 1.54) is 0 Å². The van der Waals surface area contributed by atoms with E-state index in [1.807, 2.05) is 92.1 Å². The van der Waals surface area contributed by atoms with Crippen molar-refractivity contribution in [2.24, 2.45) is 5.41 Å². The van der Waals surface area contributed by atoms with Gasteiger partial charge in [0.05, 0.1) is 64.6 Å². The third-order valence-electron chi connectivity index (χ3n) is 12.9. The highest BCUT2D eigenvalue weighted by Crippen LogP contribution is 2.45. The number of alkyl carbamates (subject to hydrolysis) is 2. The van der Waals surface area contributed by atoms with Gasteiger partial charge in [-0.05, 0) is 84.7 Å². The first kappa shape index (κ1) is 63.3. The number of amides is 4. The van der Waals surface area contributed by atoms with Gasteiger partial charge in [-0.1, -0.05) is 99.6 Å². The molecule has 2 atom stereocenters. The van der Waals surface area contributed by atoms with E-state index in [9.17, 15) is 33.5 Å². The molecule has 20 heteroatoms. The predicted octanol–water partition coefficient (Wildman–Crippen LogP) is 9.61. The first-order valence-electron chi connectivity index (χ1n) is 27.2. The molecule has 5 aromatic rings. The van der Waals surface area contributed by atoms with Crippen LogP contribution >= 0.6 is 11.8 Å². The Morgan fingerprint density at radius 1 is 0.704 bits per heavy atom. The van der Waals surface area contributed by atoms with Crippen molar-refractivity contribution >= 4 is 41.7 Å². The van der Waals surface area contributed by atoms with Crippen LogP contribution in [0.4, 0.5) is 18.4 Å². The number of halogens is 2. The molecule has 4 amide bonds. The van der Waals surface area contributed by atoms with E-state index in [0.717, 1.165) is 57.8 Å². The zero-order valence-corrected chi connectivity index (χ0v) is 48.0. The number of benzene rings is 4. The van der Waals surface area contributed by atoms with Crippen LogP contribution in [0.1, 0.15) is 88.7 Å². The lowest BCUT2D eigenvalue weighted by Gasteiger charge is -2.41. The second-order valence-corrected chi connectivity index (χ2v) is 22.5. The van der Waals surface area contributed by atoms with Crippen molar-refractivity contribution in [1.82, 2.24) is 25.4 Å². The van der Waals surface area contributed by atoms with Gasteiger partial charge in [-0.2, -0.15) is 0 Å². The number of fused-ring (bicyclic) bond motifs is 3. The average Bonchev–Trinajstić information content (AvgIpc) is 4.08. The minimum absolute atomic E-state index is 0.0165. The number of aromatic nitrogens is 1. The number of carboxylic acids is 1. The zero-order chi connectivity index (χ0) is 58.4. The number of carboxylic acid groups (broad SMARTS) is 1. The van der Waals surface area contributed by atoms with Gasteiger partial charge in [-0.15, -0.1) is 11.8 Å². The lowest BCUT2D eigenvalue weighted by atomic mass is 9.83. The second kappa shape index (κ2) is 31.4. The number of aliphatic carboxylic acids is 1. The Morgan fingerprint density at radius 2 is 1.30 bits per heavy atom. The Bertz CT molecular complexity index is 2790. The number of carbonyl (C=O) groups is 5. The van der Waals surface area contributed by atoms with Crippen molar-refractivity contribution < 1.29 is 66.3 Å². The van der Waals surface area contributed by atoms with Crippen LogP contribution in [-0.2, 0) is 49.3 Å². The van der Waals surface area contributed by atoms with E-state index < -0.39 is 58.8 Å². The van der Waals surface area contributed by atoms with Crippen molar-refractivity contribution in [2.45, 2.75) is 84.5 Å². The van der Waals surface area contributed by atoms with Crippen molar-refractivity contribution in [1.29, 1.82) is 0 Å². The Hall–Kier alpha value is -6.84. The fourth-order valence-electron chi connectivity index (χ4n) is 9.35. The van der Waals surface area contributed by atoms with Gasteiger partial charge in [0.25, 0.3) is 0 Å². The maximum atomic E-state index is 15.5. The number of nitrogens with zero attached hydrogens (tertiary/aromatic N) is 2. The third-order valence-corrected chi connectivity index (χ3v) is 14.0. The fraction of sp³-hybridized carbons (Fsp3) is 0.459. The molecule has 81 heavy (non-hydrogen) atoms. The monoisotopic (exact) mass is 1140 g/mol. The molecular formula is C61H77F2N5O12S. The number of carbonyl (C=O) groups excluding carboxylic acids is 4. The van der Waals surface area contributed by atoms with E-state index in [2.05, 4.69) is 28.1 Å². The molecule has 0 fully saturated rings. The van der Waals surface area contributed by atoms with Gasteiger partial charge in [0, 0.05) is 67.3 Å². The third kappa shape index (κ3) is 20.3. The Morgan fingerprint density at radius 3 is 1.91 bits per heavy atom. The topological polar surface area (TPSA) is 205 Å². The van der Waals surface area contributed by atoms with E-state index in [4.69, 9.17) is 28.4 Å². The summed E-state index contributed by atoms with van der Waals surface area (Å²) in [6.07, 6.45) is 0.819. The van der Waals surface area contributed by atoms with Crippen LogP contribution in [0.3, 0.4) is 0 Å². The summed E-state index contributed by atoms with van der Waals surface area (Å²) in [4.78, 5) is 66.8. The molecule has 0 radical (unpaired) electrons. The Kier molecular flexibility index (Phi) is 24.5. The van der Waals surface area contributed by atoms with E-state index in [1.54, 1.807) is 37.9 Å². The Balaban J connectivity index is 1.03. The molecule has 2 unspecified atom stereocenters. The fourth-order valence-corrected chi connectivity index (χ4v) is 10.3. The number of hydrogen-bond acceptors (Lipinski definition) is 12. The summed E-state index contributed by atoms with van der Waals surface area (Å²) < 4.78 is 65.0. The van der Waals surface area contributed by atoms with Gasteiger partial charge in [0.2, 0.25) is 11.8 Å². The first-order valence-corrected chi connectivity index (χ1v) is 28.4. The normalized spacial score (nSPS) is 12.9. The quantitative estimate of drug-likeness (QED) is 0.0297. The van der Waals surface area contributed by atoms with Crippen LogP contribution in [0.15, 0.2) is 109 Å². The number of thioether (sulfide) groups is 1. The molecule has 0 saturated heterocycles. The molecular weight excluding hydrogens is 1060 g/mol. The van der Waals surface area contributed by atoms with Crippen LogP contribution in [0.5, 0.6) is 0 Å². The minimum Gasteiger partial charge on any atom is -0.480 e. The zero-order valence-electron chi connectivity index (χ0n) is 47.1. The number of ether oxygens (including phenoxy) is 6. The number of hydrogen-bond donors (Lipinski definition) is 4. The number of rotatable bonds is 32. The lowest BCUT2D eigenvalue weighted by Crippen LogP contribution is -2.45. The molecule has 1 aliphatic carbocycles. The maximum absolute atomic E-state index is 15.5. The van der Waals surface area contributed by atoms with Gasteiger partial charge >= 0.3 is 18.2 Å². The standard InChI is InChI=1S/C61H77F2N5O12S/c1-60(2,3)56(53-35-43(49-36-44(62)21-22-51(49)63)38-67(53)37-42-15-8-7-9-16-42)68(26-14-24-64-58(73)79-39-50-47-19-12-10-17-45(47)46-18-11-13-20-48(46)50)55(70)41-81-40-52(57(71)72)66-54(69)23-27-75-29-31-77-33-34-78-32-30-76-28-25-65-59(74)80-61(4,5)6/h7-13,15-22,35-36,38,50,52,56H,14,23-34,37,39-41H2,1-6H3,(H,64,73)(H,65,74)(H,66,69)(H,71,72). The molecule has 0 aliphatic heterocycles. The molecule has 0 spiro atoms. The van der Waals surface area contributed by atoms with E-state index >= 15 is 4.39 Å². The summed E-state index contributed by atoms with van der Waals surface area (Å²) in [6.45, 7) is 14.4. The van der Waals surface area contributed by atoms with Gasteiger partial charge in [0.15, 0.2) is 0 Å². The first-order chi connectivity index (χ1) is 38.8. The molecule has 0 saturated carbocycles. The molecule has 0 bridgehead atoms. The summed E-state index contributed by atoms with van der Waals surface area (Å²) in [5, 5.41) is 18.1. The highest BCUT2D eigenvalue weighted by atomic mass is 32.2. The summed E-state index contributed by atoms with van der Waals surface area (Å²) in [7, 11) is 0. The molecule has 1 aromatic heterocycles. The van der Waals surface area contributed by atoms with E-state index in [0.29, 0.717) is 63.8 Å². The van der Waals surface area contributed by atoms with Gasteiger partial charge in [0.1, 0.15) is 29.9 Å². The molecule has 4 N–H and O–H groups in total. The lowest BCUT2D eigenvalue weighted by molar-refractivity contribution is -0.141. The minimum atomic E-state index is -1.32. The summed E-state index contributed by atoms with van der Waals surface area (Å²) in [5.41, 5.74) is 5.16. The number of nitrogens with one attached hydrogen (secondary N) is 3. The van der Waals surface area contributed by atoms with Crippen LogP contribution in [-0.4, -0.2) is 147 Å². The van der Waals surface area contributed by atoms with Gasteiger partial charge in [-0.25, -0.2) is 23.2 Å². The highest BCUT2D eigenvalue weighted by molar-refractivity contribution is 8.00. The van der Waals surface area contributed by atoms with Gasteiger partial charge < -0.3 is 58.9 Å². The molecule has 6 rings (SSSR count). The van der Waals surface area contributed by atoms with Crippen molar-refractivity contribution in [3.8, 4) is 22.3 Å². The summed E-state index contributed by atoms with van der Waals surface area (Å²) >= 11 is 1.05. The van der Waals surface area contributed by atoms with Crippen LogP contribution in [0, 0.1) is 17.0 Å². The second-order valence-electron chi connectivity index (χ2n) is 21.5. The predicted molar refractivity (Wildman–Crippen MR) is 306 cm³/mol. The smallest absolute Gasteiger partial charge is 0.407 e. The van der Waals surface area contributed by atoms with Gasteiger partial charge in [-0.3, -0.25) is 9.59 Å². The Labute approximate surface area is 477 Å². The van der Waals surface area contributed by atoms with Crippen molar-refractivity contribution in [3.63, 3.8) is 0 Å². The van der Waals surface area contributed by atoms with Crippen LogP contribution in [0.2, 0.25) is 0 Å². The van der Waals surface area contributed by atoms with Crippen LogP contribution < -0.4 is 16.0 Å². The highest BCUT2D eigenvalue weighted by Gasteiger charge is 2.38. The molecule has 1 heterocycles. The SMILES string of the molecule is CC(C)(C)OC(=O)NCCOCCOCCOCCOCCC(=O)NC(CSCC(=O)N(CCCNC(=O)OCC1c2ccccc2-c2ccccc21)C(c1cc(-c2cc(F)ccc2F)cn1Cc1ccccc1)C(C)(C)C)C(=O)O. The molecule has 17 nitrogen and oxygen atoms in total. The summed E-state index contributed by atoms with van der Waals surface area (Å²) in [5.74, 6) is -3.83. The summed E-state index contributed by atoms with van der Waals surface area (Å²) in [6, 6.07) is 28.8. The van der Waals surface area contributed by atoms with E-state index in [-0.39, 0.29) is 74.8 Å². The van der Waals surface area contributed by atoms with Crippen LogP contribution in [0.25, 0.3) is 22.3 Å². The molecule has 1 aliphatic rings. The van der Waals surface area contributed by atoms with Crippen molar-refractivity contribution in [3.05, 3.63) is 143 Å².